The van der Waals surface area contributed by atoms with Crippen molar-refractivity contribution in [2.45, 2.75) is 31.2 Å². The zero-order chi connectivity index (χ0) is 9.54. The first-order valence-corrected chi connectivity index (χ1v) is 5.67. The van der Waals surface area contributed by atoms with Crippen molar-refractivity contribution in [2.75, 3.05) is 0 Å². The highest BCUT2D eigenvalue weighted by Crippen LogP contribution is 2.51. The van der Waals surface area contributed by atoms with E-state index in [1.165, 1.54) is 24.8 Å². The van der Waals surface area contributed by atoms with Crippen LogP contribution < -0.4 is 5.73 Å². The highest BCUT2D eigenvalue weighted by atomic mass is 14.7. The standard InChI is InChI=1S/C13H17N/c14-13-11-7-6-10(8-11)12(13)9-4-2-1-3-5-9/h1-5,10-13H,6-8,14H2/t10-,11+,12+,13?/m0/s1. The lowest BCUT2D eigenvalue weighted by Crippen LogP contribution is -2.33. The molecule has 2 aliphatic rings. The molecule has 0 amide bonds. The van der Waals surface area contributed by atoms with E-state index in [9.17, 15) is 0 Å². The second-order valence-electron chi connectivity index (χ2n) is 4.85. The molecule has 2 aliphatic carbocycles. The molecule has 4 atom stereocenters. The summed E-state index contributed by atoms with van der Waals surface area (Å²) in [6.07, 6.45) is 4.15. The van der Waals surface area contributed by atoms with Crippen LogP contribution in [-0.4, -0.2) is 6.04 Å². The van der Waals surface area contributed by atoms with Crippen molar-refractivity contribution < 1.29 is 0 Å². The van der Waals surface area contributed by atoms with E-state index in [1.54, 1.807) is 0 Å². The molecule has 74 valence electrons. The molecule has 1 nitrogen and oxygen atoms in total. The van der Waals surface area contributed by atoms with E-state index in [4.69, 9.17) is 5.73 Å². The Morgan fingerprint density at radius 1 is 1.00 bits per heavy atom. The van der Waals surface area contributed by atoms with Crippen LogP contribution in [0.3, 0.4) is 0 Å². The molecule has 0 aromatic heterocycles. The topological polar surface area (TPSA) is 26.0 Å². The average molecular weight is 187 g/mol. The van der Waals surface area contributed by atoms with Gasteiger partial charge in [0.2, 0.25) is 0 Å². The third-order valence-corrected chi connectivity index (χ3v) is 4.17. The van der Waals surface area contributed by atoms with E-state index >= 15 is 0 Å². The summed E-state index contributed by atoms with van der Waals surface area (Å²) < 4.78 is 0. The predicted molar refractivity (Wildman–Crippen MR) is 58.0 cm³/mol. The summed E-state index contributed by atoms with van der Waals surface area (Å²) in [6.45, 7) is 0. The van der Waals surface area contributed by atoms with Crippen LogP contribution in [0.1, 0.15) is 30.7 Å². The van der Waals surface area contributed by atoms with Crippen molar-refractivity contribution in [1.82, 2.24) is 0 Å². The molecule has 14 heavy (non-hydrogen) atoms. The number of benzene rings is 1. The average Bonchev–Trinajstić information content (AvgIpc) is 2.79. The Kier molecular flexibility index (Phi) is 1.88. The zero-order valence-corrected chi connectivity index (χ0v) is 8.39. The van der Waals surface area contributed by atoms with Gasteiger partial charge >= 0.3 is 0 Å². The summed E-state index contributed by atoms with van der Waals surface area (Å²) in [5.74, 6) is 2.33. The molecular weight excluding hydrogens is 170 g/mol. The minimum atomic E-state index is 0.427. The van der Waals surface area contributed by atoms with Gasteiger partial charge in [-0.05, 0) is 36.7 Å². The van der Waals surface area contributed by atoms with Crippen LogP contribution in [0, 0.1) is 11.8 Å². The van der Waals surface area contributed by atoms with Gasteiger partial charge in [0.05, 0.1) is 0 Å². The Balaban J connectivity index is 1.93. The lowest BCUT2D eigenvalue weighted by Gasteiger charge is -2.28. The molecule has 2 fully saturated rings. The summed E-state index contributed by atoms with van der Waals surface area (Å²) in [4.78, 5) is 0. The molecule has 0 radical (unpaired) electrons. The van der Waals surface area contributed by atoms with Gasteiger partial charge in [0, 0.05) is 12.0 Å². The van der Waals surface area contributed by atoms with Gasteiger partial charge in [-0.2, -0.15) is 0 Å². The van der Waals surface area contributed by atoms with Crippen LogP contribution in [0.4, 0.5) is 0 Å². The van der Waals surface area contributed by atoms with Crippen LogP contribution in [0.5, 0.6) is 0 Å². The van der Waals surface area contributed by atoms with Crippen molar-refractivity contribution in [3.63, 3.8) is 0 Å². The molecule has 2 bridgehead atoms. The summed E-state index contributed by atoms with van der Waals surface area (Å²) in [5, 5.41) is 0. The molecule has 0 spiro atoms. The van der Waals surface area contributed by atoms with E-state index < -0.39 is 0 Å². The quantitative estimate of drug-likeness (QED) is 0.718. The van der Waals surface area contributed by atoms with Crippen LogP contribution in [0.25, 0.3) is 0 Å². The zero-order valence-electron chi connectivity index (χ0n) is 8.39. The third kappa shape index (κ3) is 1.12. The van der Waals surface area contributed by atoms with E-state index in [0.717, 1.165) is 11.8 Å². The van der Waals surface area contributed by atoms with Crippen molar-refractivity contribution in [3.05, 3.63) is 35.9 Å². The van der Waals surface area contributed by atoms with E-state index in [2.05, 4.69) is 30.3 Å². The SMILES string of the molecule is NC1[C@@H]2CC[C@@H](C2)[C@H]1c1ccccc1. The number of rotatable bonds is 1. The van der Waals surface area contributed by atoms with Crippen molar-refractivity contribution in [2.24, 2.45) is 17.6 Å². The van der Waals surface area contributed by atoms with Crippen LogP contribution in [0.2, 0.25) is 0 Å². The molecule has 1 unspecified atom stereocenters. The number of hydrogen-bond donors (Lipinski definition) is 1. The minimum Gasteiger partial charge on any atom is -0.327 e. The fourth-order valence-electron chi connectivity index (χ4n) is 3.51. The maximum atomic E-state index is 6.30. The molecule has 1 heteroatoms. The molecule has 0 saturated heterocycles. The number of fused-ring (bicyclic) bond motifs is 2. The normalized spacial score (nSPS) is 40.4. The van der Waals surface area contributed by atoms with Gasteiger partial charge in [0.15, 0.2) is 0 Å². The summed E-state index contributed by atoms with van der Waals surface area (Å²) in [7, 11) is 0. The Morgan fingerprint density at radius 3 is 2.36 bits per heavy atom. The molecular formula is C13H17N. The van der Waals surface area contributed by atoms with Gasteiger partial charge in [0.1, 0.15) is 0 Å². The Labute approximate surface area is 85.3 Å². The Bertz CT molecular complexity index is 317. The van der Waals surface area contributed by atoms with Gasteiger partial charge < -0.3 is 5.73 Å². The Hall–Kier alpha value is -0.820. The van der Waals surface area contributed by atoms with Crippen LogP contribution in [-0.2, 0) is 0 Å². The maximum absolute atomic E-state index is 6.30. The smallest absolute Gasteiger partial charge is 0.0139 e. The fourth-order valence-corrected chi connectivity index (χ4v) is 3.51. The highest BCUT2D eigenvalue weighted by molar-refractivity contribution is 5.25. The fraction of sp³-hybridized carbons (Fsp3) is 0.538. The molecule has 1 aromatic carbocycles. The molecule has 0 aliphatic heterocycles. The van der Waals surface area contributed by atoms with E-state index in [0.29, 0.717) is 12.0 Å². The highest BCUT2D eigenvalue weighted by Gasteiger charge is 2.46. The second kappa shape index (κ2) is 3.09. The van der Waals surface area contributed by atoms with E-state index in [-0.39, 0.29) is 0 Å². The summed E-state index contributed by atoms with van der Waals surface area (Å²) in [5.41, 5.74) is 7.76. The van der Waals surface area contributed by atoms with Crippen LogP contribution in [0.15, 0.2) is 30.3 Å². The minimum absolute atomic E-state index is 0.427. The van der Waals surface area contributed by atoms with Gasteiger partial charge in [-0.25, -0.2) is 0 Å². The third-order valence-electron chi connectivity index (χ3n) is 4.17. The molecule has 1 aromatic rings. The molecule has 2 saturated carbocycles. The molecule has 0 heterocycles. The summed E-state index contributed by atoms with van der Waals surface area (Å²) >= 11 is 0. The van der Waals surface area contributed by atoms with E-state index in [1.807, 2.05) is 0 Å². The van der Waals surface area contributed by atoms with Crippen molar-refractivity contribution in [1.29, 1.82) is 0 Å². The number of nitrogens with two attached hydrogens (primary N) is 1. The second-order valence-corrected chi connectivity index (χ2v) is 4.85. The van der Waals surface area contributed by atoms with Gasteiger partial charge in [-0.15, -0.1) is 0 Å². The van der Waals surface area contributed by atoms with Crippen molar-refractivity contribution >= 4 is 0 Å². The molecule has 3 rings (SSSR count). The van der Waals surface area contributed by atoms with Gasteiger partial charge in [-0.3, -0.25) is 0 Å². The molecule has 2 N–H and O–H groups in total. The van der Waals surface area contributed by atoms with Gasteiger partial charge in [0.25, 0.3) is 0 Å². The lowest BCUT2D eigenvalue weighted by molar-refractivity contribution is 0.366. The Morgan fingerprint density at radius 2 is 1.71 bits per heavy atom. The van der Waals surface area contributed by atoms with Crippen molar-refractivity contribution in [3.8, 4) is 0 Å². The van der Waals surface area contributed by atoms with Gasteiger partial charge in [-0.1, -0.05) is 30.3 Å². The van der Waals surface area contributed by atoms with Crippen LogP contribution >= 0.6 is 0 Å². The monoisotopic (exact) mass is 187 g/mol. The number of hydrogen-bond acceptors (Lipinski definition) is 1. The largest absolute Gasteiger partial charge is 0.327 e. The lowest BCUT2D eigenvalue weighted by atomic mass is 9.80. The summed E-state index contributed by atoms with van der Waals surface area (Å²) in [6, 6.07) is 11.3. The maximum Gasteiger partial charge on any atom is 0.0139 e. The first-order valence-electron chi connectivity index (χ1n) is 5.67. The first-order chi connectivity index (χ1) is 6.86. The first kappa shape index (κ1) is 8.49. The predicted octanol–water partition coefficient (Wildman–Crippen LogP) is 2.53.